The van der Waals surface area contributed by atoms with Crippen molar-refractivity contribution in [3.63, 3.8) is 0 Å². The van der Waals surface area contributed by atoms with Crippen molar-refractivity contribution in [3.8, 4) is 0 Å². The Kier molecular flexibility index (Phi) is 6.50. The predicted octanol–water partition coefficient (Wildman–Crippen LogP) is 4.80. The first-order valence-electron chi connectivity index (χ1n) is 9.24. The third kappa shape index (κ3) is 5.21. The molecular weight excluding hydrogens is 415 g/mol. The summed E-state index contributed by atoms with van der Waals surface area (Å²) in [5.41, 5.74) is -0.435. The molecule has 0 unspecified atom stereocenters. The van der Waals surface area contributed by atoms with Crippen LogP contribution in [0.4, 0.5) is 18.9 Å². The quantitative estimate of drug-likeness (QED) is 0.446. The second-order valence-electron chi connectivity index (χ2n) is 7.14. The minimum absolute atomic E-state index is 0.0569. The lowest BCUT2D eigenvalue weighted by atomic mass is 10.2. The summed E-state index contributed by atoms with van der Waals surface area (Å²) in [6.07, 6.45) is -4.49. The van der Waals surface area contributed by atoms with E-state index in [-0.39, 0.29) is 22.9 Å². The summed E-state index contributed by atoms with van der Waals surface area (Å²) >= 11 is 1.07. The van der Waals surface area contributed by atoms with Crippen LogP contribution in [0.25, 0.3) is 10.9 Å². The average molecular weight is 435 g/mol. The van der Waals surface area contributed by atoms with Gasteiger partial charge in [-0.15, -0.1) is 0 Å². The summed E-state index contributed by atoms with van der Waals surface area (Å²) in [4.78, 5) is 29.7. The number of hydrogen-bond donors (Lipinski definition) is 1. The molecule has 0 aliphatic rings. The van der Waals surface area contributed by atoms with Crippen molar-refractivity contribution < 1.29 is 18.0 Å². The van der Waals surface area contributed by atoms with Gasteiger partial charge in [-0.2, -0.15) is 13.2 Å². The number of thioether (sulfide) groups is 1. The van der Waals surface area contributed by atoms with Gasteiger partial charge in [0.25, 0.3) is 5.56 Å². The highest BCUT2D eigenvalue weighted by atomic mass is 32.2. The van der Waals surface area contributed by atoms with E-state index in [1.807, 2.05) is 13.8 Å². The van der Waals surface area contributed by atoms with Crippen LogP contribution < -0.4 is 10.9 Å². The van der Waals surface area contributed by atoms with Crippen molar-refractivity contribution in [1.82, 2.24) is 9.55 Å². The topological polar surface area (TPSA) is 64.0 Å². The monoisotopic (exact) mass is 435 g/mol. The summed E-state index contributed by atoms with van der Waals surface area (Å²) in [5.74, 6) is -0.402. The Morgan fingerprint density at radius 1 is 1.17 bits per heavy atom. The summed E-state index contributed by atoms with van der Waals surface area (Å²) < 4.78 is 40.0. The molecule has 0 saturated carbocycles. The molecule has 3 rings (SSSR count). The number of amides is 1. The van der Waals surface area contributed by atoms with Gasteiger partial charge in [-0.1, -0.05) is 43.8 Å². The first kappa shape index (κ1) is 21.9. The summed E-state index contributed by atoms with van der Waals surface area (Å²) in [6.45, 7) is 4.38. The number of halogens is 3. The summed E-state index contributed by atoms with van der Waals surface area (Å²) in [5, 5.41) is 3.35. The van der Waals surface area contributed by atoms with Crippen LogP contribution in [0.1, 0.15) is 19.4 Å². The number of carbonyl (C=O) groups excluding carboxylic acids is 1. The number of para-hydroxylation sites is 1. The van der Waals surface area contributed by atoms with Crippen LogP contribution in [0.2, 0.25) is 0 Å². The average Bonchev–Trinajstić information content (AvgIpc) is 2.68. The zero-order valence-electron chi connectivity index (χ0n) is 16.4. The lowest BCUT2D eigenvalue weighted by Crippen LogP contribution is -2.26. The van der Waals surface area contributed by atoms with E-state index in [1.54, 1.807) is 24.3 Å². The number of nitrogens with one attached hydrogen (secondary N) is 1. The maximum atomic E-state index is 12.9. The van der Waals surface area contributed by atoms with E-state index in [1.165, 1.54) is 16.7 Å². The van der Waals surface area contributed by atoms with Gasteiger partial charge in [-0.05, 0) is 36.2 Å². The van der Waals surface area contributed by atoms with E-state index >= 15 is 0 Å². The SMILES string of the molecule is CC(C)Cn1c(SCC(=O)Nc2cccc(C(F)(F)F)c2)nc2ccccc2c1=O. The number of nitrogens with zero attached hydrogens (tertiary/aromatic N) is 2. The molecule has 0 bridgehead atoms. The van der Waals surface area contributed by atoms with E-state index in [4.69, 9.17) is 0 Å². The lowest BCUT2D eigenvalue weighted by Gasteiger charge is -2.15. The molecule has 5 nitrogen and oxygen atoms in total. The van der Waals surface area contributed by atoms with Gasteiger partial charge in [0.2, 0.25) is 5.91 Å². The van der Waals surface area contributed by atoms with E-state index in [0.29, 0.717) is 22.6 Å². The molecule has 0 atom stereocenters. The van der Waals surface area contributed by atoms with E-state index in [2.05, 4.69) is 10.3 Å². The molecule has 0 aliphatic carbocycles. The van der Waals surface area contributed by atoms with Crippen LogP contribution in [0.15, 0.2) is 58.5 Å². The van der Waals surface area contributed by atoms with Crippen LogP contribution in [0.5, 0.6) is 0 Å². The van der Waals surface area contributed by atoms with Crippen molar-refractivity contribution in [1.29, 1.82) is 0 Å². The largest absolute Gasteiger partial charge is 0.416 e. The molecule has 1 heterocycles. The maximum absolute atomic E-state index is 12.9. The smallest absolute Gasteiger partial charge is 0.325 e. The second-order valence-corrected chi connectivity index (χ2v) is 8.08. The van der Waals surface area contributed by atoms with E-state index in [9.17, 15) is 22.8 Å². The zero-order valence-corrected chi connectivity index (χ0v) is 17.2. The van der Waals surface area contributed by atoms with Crippen LogP contribution in [0, 0.1) is 5.92 Å². The number of alkyl halides is 3. The van der Waals surface area contributed by atoms with Crippen LogP contribution in [-0.2, 0) is 17.5 Å². The molecular formula is C21H20F3N3O2S. The third-order valence-electron chi connectivity index (χ3n) is 4.18. The second kappa shape index (κ2) is 8.91. The minimum Gasteiger partial charge on any atom is -0.325 e. The van der Waals surface area contributed by atoms with Crippen molar-refractivity contribution in [2.75, 3.05) is 11.1 Å². The Morgan fingerprint density at radius 3 is 2.60 bits per heavy atom. The first-order chi connectivity index (χ1) is 14.1. The Balaban J connectivity index is 1.79. The van der Waals surface area contributed by atoms with Crippen LogP contribution in [0.3, 0.4) is 0 Å². The Hall–Kier alpha value is -2.81. The van der Waals surface area contributed by atoms with Gasteiger partial charge in [0.15, 0.2) is 5.16 Å². The highest BCUT2D eigenvalue weighted by Crippen LogP contribution is 2.30. The molecule has 2 aromatic carbocycles. The van der Waals surface area contributed by atoms with Gasteiger partial charge in [-0.3, -0.25) is 14.2 Å². The maximum Gasteiger partial charge on any atom is 0.416 e. The number of hydrogen-bond acceptors (Lipinski definition) is 4. The molecule has 9 heteroatoms. The van der Waals surface area contributed by atoms with Crippen molar-refractivity contribution in [2.45, 2.75) is 31.7 Å². The van der Waals surface area contributed by atoms with Gasteiger partial charge in [-0.25, -0.2) is 4.98 Å². The van der Waals surface area contributed by atoms with Crippen LogP contribution >= 0.6 is 11.8 Å². The van der Waals surface area contributed by atoms with Gasteiger partial charge in [0, 0.05) is 12.2 Å². The number of benzene rings is 2. The number of fused-ring (bicyclic) bond motifs is 1. The molecule has 1 amide bonds. The predicted molar refractivity (Wildman–Crippen MR) is 112 cm³/mol. The standard InChI is InChI=1S/C21H20F3N3O2S/c1-13(2)11-27-19(29)16-8-3-4-9-17(16)26-20(27)30-12-18(28)25-15-7-5-6-14(10-15)21(22,23)24/h3-10,13H,11-12H2,1-2H3,(H,25,28). The van der Waals surface area contributed by atoms with Crippen molar-refractivity contribution >= 4 is 34.3 Å². The fourth-order valence-corrected chi connectivity index (χ4v) is 3.69. The molecule has 0 aliphatic heterocycles. The molecule has 158 valence electrons. The molecule has 3 aromatic rings. The molecule has 1 aromatic heterocycles. The number of carbonyl (C=O) groups is 1. The fourth-order valence-electron chi connectivity index (χ4n) is 2.88. The minimum atomic E-state index is -4.49. The normalized spacial score (nSPS) is 11.8. The van der Waals surface area contributed by atoms with Gasteiger partial charge in [0.05, 0.1) is 22.2 Å². The molecule has 1 N–H and O–H groups in total. The van der Waals surface area contributed by atoms with E-state index in [0.717, 1.165) is 23.9 Å². The fraction of sp³-hybridized carbons (Fsp3) is 0.286. The first-order valence-corrected chi connectivity index (χ1v) is 10.2. The van der Waals surface area contributed by atoms with Gasteiger partial charge in [0.1, 0.15) is 0 Å². The number of aromatic nitrogens is 2. The molecule has 0 spiro atoms. The summed E-state index contributed by atoms with van der Waals surface area (Å²) in [7, 11) is 0. The highest BCUT2D eigenvalue weighted by molar-refractivity contribution is 7.99. The Morgan fingerprint density at radius 2 is 1.90 bits per heavy atom. The van der Waals surface area contributed by atoms with Gasteiger partial charge < -0.3 is 5.32 Å². The molecule has 0 saturated heterocycles. The zero-order chi connectivity index (χ0) is 21.9. The Bertz CT molecular complexity index is 1130. The van der Waals surface area contributed by atoms with Gasteiger partial charge >= 0.3 is 6.18 Å². The number of anilines is 1. The highest BCUT2D eigenvalue weighted by Gasteiger charge is 2.30. The van der Waals surface area contributed by atoms with Crippen molar-refractivity contribution in [3.05, 3.63) is 64.4 Å². The molecule has 30 heavy (non-hydrogen) atoms. The van der Waals surface area contributed by atoms with E-state index < -0.39 is 17.6 Å². The summed E-state index contributed by atoms with van der Waals surface area (Å²) in [6, 6.07) is 11.4. The number of rotatable bonds is 6. The molecule has 0 radical (unpaired) electrons. The third-order valence-corrected chi connectivity index (χ3v) is 5.16. The van der Waals surface area contributed by atoms with Crippen molar-refractivity contribution in [2.24, 2.45) is 5.92 Å². The lowest BCUT2D eigenvalue weighted by molar-refractivity contribution is -0.137. The Labute approximate surface area is 175 Å². The molecule has 0 fully saturated rings. The van der Waals surface area contributed by atoms with Crippen LogP contribution in [-0.4, -0.2) is 21.2 Å².